The number of hydrogen-bond donors (Lipinski definition) is 1. The maximum atomic E-state index is 13.6. The summed E-state index contributed by atoms with van der Waals surface area (Å²) in [5.41, 5.74) is 2.87. The molecule has 1 N–H and O–H groups in total. The van der Waals surface area contributed by atoms with Gasteiger partial charge in [-0.1, -0.05) is 6.07 Å². The van der Waals surface area contributed by atoms with E-state index in [1.165, 1.54) is 12.3 Å². The summed E-state index contributed by atoms with van der Waals surface area (Å²) in [6, 6.07) is 9.90. The van der Waals surface area contributed by atoms with Gasteiger partial charge in [-0.2, -0.15) is 8.78 Å². The molecule has 1 atom stereocenters. The number of ether oxygens (including phenoxy) is 2. The first-order valence-electron chi connectivity index (χ1n) is 11.7. The molecule has 1 amide bonds. The zero-order valence-electron chi connectivity index (χ0n) is 20.5. The second kappa shape index (κ2) is 8.77. The van der Waals surface area contributed by atoms with E-state index < -0.39 is 23.1 Å². The van der Waals surface area contributed by atoms with E-state index in [0.29, 0.717) is 30.5 Å². The third-order valence-corrected chi connectivity index (χ3v) is 6.58. The van der Waals surface area contributed by atoms with E-state index in [9.17, 15) is 13.6 Å². The molecule has 8 nitrogen and oxygen atoms in total. The molecule has 1 saturated heterocycles. The Labute approximate surface area is 207 Å². The molecule has 4 heterocycles. The van der Waals surface area contributed by atoms with Crippen LogP contribution in [0.5, 0.6) is 5.88 Å². The number of carbonyl (C=O) groups excluding carboxylic acids is 1. The molecule has 2 aliphatic heterocycles. The molecule has 0 spiro atoms. The van der Waals surface area contributed by atoms with Gasteiger partial charge in [0, 0.05) is 36.5 Å². The van der Waals surface area contributed by atoms with Crippen LogP contribution in [0.15, 0.2) is 42.6 Å². The molecule has 0 bridgehead atoms. The lowest BCUT2D eigenvalue weighted by molar-refractivity contribution is -0.0106. The summed E-state index contributed by atoms with van der Waals surface area (Å²) in [5.74, 6) is -3.18. The molecule has 36 heavy (non-hydrogen) atoms. The number of aryl methyl sites for hydroxylation is 1. The number of nitrogens with zero attached hydrogens (tertiary/aromatic N) is 4. The summed E-state index contributed by atoms with van der Waals surface area (Å²) in [5, 5.41) is 11.6. The molecule has 0 unspecified atom stereocenters. The number of pyridine rings is 1. The number of halogens is 2. The lowest BCUT2D eigenvalue weighted by atomic mass is 9.94. The van der Waals surface area contributed by atoms with Crippen molar-refractivity contribution >= 4 is 17.3 Å². The standard InChI is InChI=1S/C26H27F2N5O3/c1-15-5-6-17(30-23(34)16-7-8-29-21(11-16)26(4,27)28)12-18(15)19-13-20-24(32-31-19)36-25(2,3)22-14-35-10-9-33(20)22/h5-8,11-13,22H,9-10,14H2,1-4H3,(H,30,34)/t22-/m0/s1. The third-order valence-electron chi connectivity index (χ3n) is 6.58. The van der Waals surface area contributed by atoms with Gasteiger partial charge in [0.05, 0.1) is 24.9 Å². The summed E-state index contributed by atoms with van der Waals surface area (Å²) in [4.78, 5) is 18.7. The number of fused-ring (bicyclic) bond motifs is 3. The van der Waals surface area contributed by atoms with Crippen LogP contribution in [0.3, 0.4) is 0 Å². The van der Waals surface area contributed by atoms with Crippen molar-refractivity contribution in [3.05, 3.63) is 59.4 Å². The first-order chi connectivity index (χ1) is 17.0. The number of alkyl halides is 2. The number of morpholine rings is 1. The Hall–Kier alpha value is -3.66. The Morgan fingerprint density at radius 2 is 2.00 bits per heavy atom. The second-order valence-corrected chi connectivity index (χ2v) is 9.71. The SMILES string of the molecule is Cc1ccc(NC(=O)c2ccnc(C(C)(F)F)c2)cc1-c1cc2c(nn1)OC(C)(C)[C@@H]1COCCN21. The predicted octanol–water partition coefficient (Wildman–Crippen LogP) is 4.59. The molecule has 2 aliphatic rings. The van der Waals surface area contributed by atoms with Crippen molar-refractivity contribution in [2.45, 2.75) is 45.3 Å². The second-order valence-electron chi connectivity index (χ2n) is 9.71. The van der Waals surface area contributed by atoms with Crippen molar-refractivity contribution in [2.75, 3.05) is 30.0 Å². The quantitative estimate of drug-likeness (QED) is 0.566. The molecule has 0 radical (unpaired) electrons. The van der Waals surface area contributed by atoms with Gasteiger partial charge in [0.2, 0.25) is 0 Å². The first kappa shape index (κ1) is 24.1. The van der Waals surface area contributed by atoms with Crippen LogP contribution < -0.4 is 15.0 Å². The lowest BCUT2D eigenvalue weighted by Gasteiger charge is -2.49. The van der Waals surface area contributed by atoms with E-state index in [1.54, 1.807) is 12.1 Å². The number of anilines is 2. The van der Waals surface area contributed by atoms with Crippen LogP contribution >= 0.6 is 0 Å². The number of aromatic nitrogens is 3. The van der Waals surface area contributed by atoms with Crippen LogP contribution in [0.4, 0.5) is 20.2 Å². The van der Waals surface area contributed by atoms with Crippen molar-refractivity contribution in [3.63, 3.8) is 0 Å². The summed E-state index contributed by atoms with van der Waals surface area (Å²) < 4.78 is 39.2. The van der Waals surface area contributed by atoms with Gasteiger partial charge >= 0.3 is 0 Å². The van der Waals surface area contributed by atoms with Gasteiger partial charge < -0.3 is 19.7 Å². The fourth-order valence-electron chi connectivity index (χ4n) is 4.56. The summed E-state index contributed by atoms with van der Waals surface area (Å²) in [6.45, 7) is 8.61. The number of carbonyl (C=O) groups is 1. The first-order valence-corrected chi connectivity index (χ1v) is 11.7. The highest BCUT2D eigenvalue weighted by Gasteiger charge is 2.44. The minimum atomic E-state index is -3.14. The van der Waals surface area contributed by atoms with Crippen LogP contribution in [0.2, 0.25) is 0 Å². The topological polar surface area (TPSA) is 89.5 Å². The molecule has 5 rings (SSSR count). The average Bonchev–Trinajstić information content (AvgIpc) is 2.84. The summed E-state index contributed by atoms with van der Waals surface area (Å²) in [6.07, 6.45) is 1.20. The van der Waals surface area contributed by atoms with E-state index in [1.807, 2.05) is 32.9 Å². The van der Waals surface area contributed by atoms with Gasteiger partial charge in [-0.3, -0.25) is 9.78 Å². The number of hydrogen-bond acceptors (Lipinski definition) is 7. The van der Waals surface area contributed by atoms with Crippen molar-refractivity contribution in [1.29, 1.82) is 0 Å². The number of rotatable bonds is 4. The van der Waals surface area contributed by atoms with Crippen LogP contribution in [0.1, 0.15) is 42.4 Å². The highest BCUT2D eigenvalue weighted by Crippen LogP contribution is 2.41. The van der Waals surface area contributed by atoms with E-state index in [-0.39, 0.29) is 11.6 Å². The van der Waals surface area contributed by atoms with Crippen LogP contribution in [0, 0.1) is 6.92 Å². The minimum absolute atomic E-state index is 0.0447. The average molecular weight is 496 g/mol. The maximum Gasteiger partial charge on any atom is 0.286 e. The van der Waals surface area contributed by atoms with Gasteiger partial charge in [0.15, 0.2) is 0 Å². The van der Waals surface area contributed by atoms with Crippen molar-refractivity contribution in [2.24, 2.45) is 0 Å². The highest BCUT2D eigenvalue weighted by atomic mass is 19.3. The van der Waals surface area contributed by atoms with E-state index in [4.69, 9.17) is 9.47 Å². The summed E-state index contributed by atoms with van der Waals surface area (Å²) in [7, 11) is 0. The number of amides is 1. The molecular weight excluding hydrogens is 468 g/mol. The Morgan fingerprint density at radius 3 is 2.78 bits per heavy atom. The van der Waals surface area contributed by atoms with Gasteiger partial charge in [0.25, 0.3) is 17.7 Å². The number of nitrogens with one attached hydrogen (secondary N) is 1. The molecule has 10 heteroatoms. The van der Waals surface area contributed by atoms with Crippen molar-refractivity contribution in [1.82, 2.24) is 15.2 Å². The monoisotopic (exact) mass is 495 g/mol. The lowest BCUT2D eigenvalue weighted by Crippen LogP contribution is -2.61. The largest absolute Gasteiger partial charge is 0.467 e. The Morgan fingerprint density at radius 1 is 1.19 bits per heavy atom. The van der Waals surface area contributed by atoms with Crippen LogP contribution in [-0.2, 0) is 10.7 Å². The van der Waals surface area contributed by atoms with Crippen LogP contribution in [0.25, 0.3) is 11.3 Å². The Bertz CT molecular complexity index is 1330. The highest BCUT2D eigenvalue weighted by molar-refractivity contribution is 6.04. The molecule has 1 fully saturated rings. The Balaban J connectivity index is 1.44. The third kappa shape index (κ3) is 4.48. The smallest absolute Gasteiger partial charge is 0.286 e. The zero-order chi connectivity index (χ0) is 25.7. The normalized spacial score (nSPS) is 18.6. The van der Waals surface area contributed by atoms with Crippen molar-refractivity contribution in [3.8, 4) is 17.1 Å². The zero-order valence-corrected chi connectivity index (χ0v) is 20.5. The van der Waals surface area contributed by atoms with Crippen molar-refractivity contribution < 1.29 is 23.0 Å². The van der Waals surface area contributed by atoms with E-state index in [2.05, 4.69) is 25.4 Å². The van der Waals surface area contributed by atoms with Gasteiger partial charge in [-0.25, -0.2) is 0 Å². The minimum Gasteiger partial charge on any atom is -0.467 e. The van der Waals surface area contributed by atoms with E-state index in [0.717, 1.165) is 36.3 Å². The molecule has 2 aromatic heterocycles. The van der Waals surface area contributed by atoms with Crippen LogP contribution in [-0.4, -0.2) is 52.5 Å². The molecular formula is C26H27F2N5O3. The van der Waals surface area contributed by atoms with Gasteiger partial charge in [-0.05, 0) is 56.7 Å². The van der Waals surface area contributed by atoms with Gasteiger partial charge in [-0.15, -0.1) is 10.2 Å². The summed E-state index contributed by atoms with van der Waals surface area (Å²) >= 11 is 0. The molecule has 1 aromatic carbocycles. The molecule has 3 aromatic rings. The molecule has 188 valence electrons. The Kier molecular flexibility index (Phi) is 5.86. The van der Waals surface area contributed by atoms with Gasteiger partial charge in [0.1, 0.15) is 17.0 Å². The molecule has 0 aliphatic carbocycles. The fourth-order valence-corrected chi connectivity index (χ4v) is 4.56. The number of benzene rings is 1. The maximum absolute atomic E-state index is 13.6. The molecule has 0 saturated carbocycles. The fraction of sp³-hybridized carbons (Fsp3) is 0.385. The predicted molar refractivity (Wildman–Crippen MR) is 131 cm³/mol. The van der Waals surface area contributed by atoms with E-state index >= 15 is 0 Å².